The molecule has 3 rings (SSSR count). The summed E-state index contributed by atoms with van der Waals surface area (Å²) >= 11 is 0. The second kappa shape index (κ2) is 6.44. The van der Waals surface area contributed by atoms with Crippen LogP contribution in [0.25, 0.3) is 0 Å². The molecule has 0 aliphatic heterocycles. The fourth-order valence-electron chi connectivity index (χ4n) is 2.29. The zero-order valence-corrected chi connectivity index (χ0v) is 13.5. The molecular formula is C18H19N5. The van der Waals surface area contributed by atoms with Crippen LogP contribution in [-0.2, 0) is 0 Å². The Balaban J connectivity index is 1.81. The van der Waals surface area contributed by atoms with Gasteiger partial charge in [0.05, 0.1) is 6.20 Å². The first-order chi connectivity index (χ1) is 11.1. The zero-order valence-electron chi connectivity index (χ0n) is 13.5. The van der Waals surface area contributed by atoms with Gasteiger partial charge in [-0.1, -0.05) is 24.3 Å². The van der Waals surface area contributed by atoms with Crippen LogP contribution in [0.15, 0.2) is 48.7 Å². The first-order valence-corrected chi connectivity index (χ1v) is 7.48. The van der Waals surface area contributed by atoms with Crippen LogP contribution < -0.4 is 10.6 Å². The summed E-state index contributed by atoms with van der Waals surface area (Å²) < 4.78 is 0. The summed E-state index contributed by atoms with van der Waals surface area (Å²) in [5.41, 5.74) is 5.54. The minimum atomic E-state index is 0.469. The van der Waals surface area contributed by atoms with E-state index in [0.717, 1.165) is 11.4 Å². The molecule has 0 amide bonds. The van der Waals surface area contributed by atoms with Crippen LogP contribution in [-0.4, -0.2) is 15.2 Å². The van der Waals surface area contributed by atoms with Gasteiger partial charge in [0.2, 0.25) is 5.95 Å². The summed E-state index contributed by atoms with van der Waals surface area (Å²) in [6, 6.07) is 14.2. The topological polar surface area (TPSA) is 62.7 Å². The van der Waals surface area contributed by atoms with E-state index in [2.05, 4.69) is 64.8 Å². The van der Waals surface area contributed by atoms with Gasteiger partial charge in [-0.15, -0.1) is 5.10 Å². The SMILES string of the molecule is Cc1cccc(Nc2cnnc(Nc3cccc(C)c3C)n2)c1. The van der Waals surface area contributed by atoms with Crippen LogP contribution in [0.3, 0.4) is 0 Å². The fourth-order valence-corrected chi connectivity index (χ4v) is 2.29. The van der Waals surface area contributed by atoms with Gasteiger partial charge in [0.1, 0.15) is 0 Å². The second-order valence-corrected chi connectivity index (χ2v) is 5.53. The molecule has 3 aromatic rings. The van der Waals surface area contributed by atoms with Crippen molar-refractivity contribution in [3.8, 4) is 0 Å². The Labute approximate surface area is 135 Å². The van der Waals surface area contributed by atoms with E-state index in [1.165, 1.54) is 16.7 Å². The molecule has 1 aromatic heterocycles. The van der Waals surface area contributed by atoms with Crippen molar-refractivity contribution in [2.24, 2.45) is 0 Å². The average Bonchev–Trinajstić information content (AvgIpc) is 2.52. The quantitative estimate of drug-likeness (QED) is 0.753. The van der Waals surface area contributed by atoms with Crippen LogP contribution in [0, 0.1) is 20.8 Å². The highest BCUT2D eigenvalue weighted by Crippen LogP contribution is 2.21. The van der Waals surface area contributed by atoms with Crippen molar-refractivity contribution in [2.45, 2.75) is 20.8 Å². The predicted molar refractivity (Wildman–Crippen MR) is 93.5 cm³/mol. The van der Waals surface area contributed by atoms with Crippen LogP contribution in [0.5, 0.6) is 0 Å². The van der Waals surface area contributed by atoms with Gasteiger partial charge >= 0.3 is 0 Å². The Morgan fingerprint density at radius 3 is 2.57 bits per heavy atom. The molecule has 5 heteroatoms. The number of aryl methyl sites for hydroxylation is 2. The number of nitrogens with one attached hydrogen (secondary N) is 2. The third-order valence-corrected chi connectivity index (χ3v) is 3.70. The van der Waals surface area contributed by atoms with Gasteiger partial charge in [-0.05, 0) is 55.7 Å². The van der Waals surface area contributed by atoms with Gasteiger partial charge in [0.25, 0.3) is 0 Å². The highest BCUT2D eigenvalue weighted by atomic mass is 15.3. The van der Waals surface area contributed by atoms with Gasteiger partial charge in [0.15, 0.2) is 5.82 Å². The van der Waals surface area contributed by atoms with Crippen molar-refractivity contribution in [2.75, 3.05) is 10.6 Å². The number of hydrogen-bond acceptors (Lipinski definition) is 5. The lowest BCUT2D eigenvalue weighted by Gasteiger charge is -2.11. The Hall–Kier alpha value is -2.95. The first kappa shape index (κ1) is 15.0. The lowest BCUT2D eigenvalue weighted by molar-refractivity contribution is 0.981. The van der Waals surface area contributed by atoms with Crippen molar-refractivity contribution in [3.05, 3.63) is 65.4 Å². The minimum Gasteiger partial charge on any atom is -0.339 e. The van der Waals surface area contributed by atoms with E-state index in [0.29, 0.717) is 11.8 Å². The van der Waals surface area contributed by atoms with Crippen LogP contribution >= 0.6 is 0 Å². The molecule has 2 aromatic carbocycles. The van der Waals surface area contributed by atoms with E-state index in [1.54, 1.807) is 6.20 Å². The summed E-state index contributed by atoms with van der Waals surface area (Å²) in [5, 5.41) is 14.5. The van der Waals surface area contributed by atoms with Gasteiger partial charge < -0.3 is 10.6 Å². The van der Waals surface area contributed by atoms with E-state index in [-0.39, 0.29) is 0 Å². The minimum absolute atomic E-state index is 0.469. The standard InChI is InChI=1S/C18H19N5/c1-12-6-4-8-15(10-12)20-17-11-19-23-18(22-17)21-16-9-5-7-13(2)14(16)3/h4-11H,1-3H3,(H2,20,21,22,23). The molecule has 23 heavy (non-hydrogen) atoms. The van der Waals surface area contributed by atoms with Gasteiger partial charge in [-0.25, -0.2) is 0 Å². The highest BCUT2D eigenvalue weighted by molar-refractivity contribution is 5.62. The predicted octanol–water partition coefficient (Wildman–Crippen LogP) is 4.28. The van der Waals surface area contributed by atoms with Gasteiger partial charge in [-0.3, -0.25) is 0 Å². The molecule has 0 bridgehead atoms. The zero-order chi connectivity index (χ0) is 16.2. The first-order valence-electron chi connectivity index (χ1n) is 7.48. The maximum atomic E-state index is 4.47. The van der Waals surface area contributed by atoms with Crippen LogP contribution in [0.4, 0.5) is 23.1 Å². The van der Waals surface area contributed by atoms with Crippen molar-refractivity contribution in [3.63, 3.8) is 0 Å². The molecule has 0 saturated carbocycles. The molecular weight excluding hydrogens is 286 g/mol. The van der Waals surface area contributed by atoms with Gasteiger partial charge in [-0.2, -0.15) is 10.1 Å². The lowest BCUT2D eigenvalue weighted by atomic mass is 10.1. The second-order valence-electron chi connectivity index (χ2n) is 5.53. The molecule has 0 aliphatic rings. The number of anilines is 4. The fraction of sp³-hybridized carbons (Fsp3) is 0.167. The summed E-state index contributed by atoms with van der Waals surface area (Å²) in [4.78, 5) is 4.47. The molecule has 0 atom stereocenters. The van der Waals surface area contributed by atoms with E-state index in [1.807, 2.05) is 24.3 Å². The molecule has 2 N–H and O–H groups in total. The van der Waals surface area contributed by atoms with Crippen molar-refractivity contribution in [1.29, 1.82) is 0 Å². The molecule has 0 saturated heterocycles. The molecule has 0 spiro atoms. The maximum Gasteiger partial charge on any atom is 0.249 e. The third kappa shape index (κ3) is 3.63. The number of benzene rings is 2. The normalized spacial score (nSPS) is 10.4. The molecule has 116 valence electrons. The molecule has 1 heterocycles. The lowest BCUT2D eigenvalue weighted by Crippen LogP contribution is -2.03. The smallest absolute Gasteiger partial charge is 0.249 e. The van der Waals surface area contributed by atoms with E-state index in [9.17, 15) is 0 Å². The Morgan fingerprint density at radius 2 is 1.74 bits per heavy atom. The summed E-state index contributed by atoms with van der Waals surface area (Å²) in [5.74, 6) is 1.12. The average molecular weight is 305 g/mol. The number of nitrogens with zero attached hydrogens (tertiary/aromatic N) is 3. The largest absolute Gasteiger partial charge is 0.339 e. The Bertz CT molecular complexity index is 829. The Morgan fingerprint density at radius 1 is 0.913 bits per heavy atom. The highest BCUT2D eigenvalue weighted by Gasteiger charge is 2.05. The van der Waals surface area contributed by atoms with Crippen molar-refractivity contribution < 1.29 is 0 Å². The van der Waals surface area contributed by atoms with Crippen LogP contribution in [0.2, 0.25) is 0 Å². The Kier molecular flexibility index (Phi) is 4.19. The summed E-state index contributed by atoms with van der Waals surface area (Å²) in [6.07, 6.45) is 1.61. The van der Waals surface area contributed by atoms with E-state index >= 15 is 0 Å². The third-order valence-electron chi connectivity index (χ3n) is 3.70. The van der Waals surface area contributed by atoms with E-state index < -0.39 is 0 Å². The molecule has 0 aliphatic carbocycles. The maximum absolute atomic E-state index is 4.47. The molecule has 5 nitrogen and oxygen atoms in total. The number of aromatic nitrogens is 3. The van der Waals surface area contributed by atoms with Crippen molar-refractivity contribution >= 4 is 23.1 Å². The van der Waals surface area contributed by atoms with Crippen molar-refractivity contribution in [1.82, 2.24) is 15.2 Å². The summed E-state index contributed by atoms with van der Waals surface area (Å²) in [6.45, 7) is 6.20. The van der Waals surface area contributed by atoms with Gasteiger partial charge in [0, 0.05) is 11.4 Å². The molecule has 0 fully saturated rings. The van der Waals surface area contributed by atoms with E-state index in [4.69, 9.17) is 0 Å². The summed E-state index contributed by atoms with van der Waals surface area (Å²) in [7, 11) is 0. The number of hydrogen-bond donors (Lipinski definition) is 2. The van der Waals surface area contributed by atoms with Crippen LogP contribution in [0.1, 0.15) is 16.7 Å². The molecule has 0 unspecified atom stereocenters. The number of rotatable bonds is 4. The monoisotopic (exact) mass is 305 g/mol. The molecule has 0 radical (unpaired) electrons.